The Bertz CT molecular complexity index is 580. The number of likely N-dealkylation sites (tertiary alicyclic amines) is 1. The van der Waals surface area contributed by atoms with Crippen molar-refractivity contribution in [3.8, 4) is 0 Å². The molecule has 2 amide bonds. The van der Waals surface area contributed by atoms with Crippen LogP contribution >= 0.6 is 0 Å². The molecule has 3 aliphatic heterocycles. The Balaban J connectivity index is 1.54. The molecule has 2 fully saturated rings. The lowest BCUT2D eigenvalue weighted by Gasteiger charge is -2.28. The Morgan fingerprint density at radius 1 is 1.14 bits per heavy atom. The number of imide groups is 1. The topological polar surface area (TPSA) is 52.6 Å². The second-order valence-corrected chi connectivity index (χ2v) is 6.32. The molecule has 0 bridgehead atoms. The predicted molar refractivity (Wildman–Crippen MR) is 77.8 cm³/mol. The number of benzene rings is 1. The normalized spacial score (nSPS) is 31.9. The summed E-state index contributed by atoms with van der Waals surface area (Å²) in [6, 6.07) is 7.50. The monoisotopic (exact) mass is 285 g/mol. The molecule has 3 unspecified atom stereocenters. The second kappa shape index (κ2) is 4.64. The molecule has 2 saturated heterocycles. The smallest absolute Gasteiger partial charge is 0.262 e. The minimum absolute atomic E-state index is 0.155. The van der Waals surface area contributed by atoms with Crippen LogP contribution < -0.4 is 5.32 Å². The molecule has 1 aromatic rings. The Morgan fingerprint density at radius 3 is 2.43 bits per heavy atom. The summed E-state index contributed by atoms with van der Waals surface area (Å²) in [7, 11) is 0. The van der Waals surface area contributed by atoms with Crippen molar-refractivity contribution in [2.24, 2.45) is 11.8 Å². The zero-order valence-electron chi connectivity index (χ0n) is 12.1. The van der Waals surface area contributed by atoms with Crippen molar-refractivity contribution in [3.63, 3.8) is 0 Å². The first kappa shape index (κ1) is 13.0. The molecule has 21 heavy (non-hydrogen) atoms. The van der Waals surface area contributed by atoms with Gasteiger partial charge in [-0.3, -0.25) is 19.4 Å². The van der Waals surface area contributed by atoms with Gasteiger partial charge in [0.15, 0.2) is 0 Å². The van der Waals surface area contributed by atoms with E-state index < -0.39 is 0 Å². The lowest BCUT2D eigenvalue weighted by Crippen LogP contribution is -2.44. The van der Waals surface area contributed by atoms with E-state index >= 15 is 0 Å². The number of hydrogen-bond acceptors (Lipinski definition) is 4. The van der Waals surface area contributed by atoms with Crippen LogP contribution in [0.2, 0.25) is 0 Å². The van der Waals surface area contributed by atoms with Crippen LogP contribution in [0.3, 0.4) is 0 Å². The Hall–Kier alpha value is -1.72. The van der Waals surface area contributed by atoms with Crippen LogP contribution in [-0.2, 0) is 0 Å². The van der Waals surface area contributed by atoms with Gasteiger partial charge >= 0.3 is 0 Å². The van der Waals surface area contributed by atoms with Crippen molar-refractivity contribution in [1.29, 1.82) is 0 Å². The fourth-order valence-electron chi connectivity index (χ4n) is 3.99. The van der Waals surface area contributed by atoms with Gasteiger partial charge in [0, 0.05) is 12.6 Å². The number of nitrogens with one attached hydrogen (secondary N) is 1. The van der Waals surface area contributed by atoms with E-state index in [4.69, 9.17) is 0 Å². The number of hydrogen-bond donors (Lipinski definition) is 1. The molecular formula is C16H19N3O2. The maximum atomic E-state index is 12.4. The zero-order chi connectivity index (χ0) is 14.6. The van der Waals surface area contributed by atoms with Crippen molar-refractivity contribution >= 4 is 11.8 Å². The zero-order valence-corrected chi connectivity index (χ0v) is 12.1. The van der Waals surface area contributed by atoms with Gasteiger partial charge in [-0.25, -0.2) is 0 Å². The fraction of sp³-hybridized carbons (Fsp3) is 0.500. The molecule has 0 aliphatic carbocycles. The summed E-state index contributed by atoms with van der Waals surface area (Å²) < 4.78 is 0. The maximum absolute atomic E-state index is 12.4. The van der Waals surface area contributed by atoms with Crippen LogP contribution in [0.1, 0.15) is 27.6 Å². The minimum Gasteiger partial charge on any atom is -0.316 e. The molecular weight excluding hydrogens is 266 g/mol. The van der Waals surface area contributed by atoms with E-state index in [2.05, 4.69) is 17.1 Å². The van der Waals surface area contributed by atoms with Gasteiger partial charge < -0.3 is 5.32 Å². The Morgan fingerprint density at radius 2 is 1.81 bits per heavy atom. The number of carbonyl (C=O) groups excluding carboxylic acids is 2. The number of nitrogens with zero attached hydrogens (tertiary/aromatic N) is 2. The van der Waals surface area contributed by atoms with Crippen LogP contribution in [0.25, 0.3) is 0 Å². The van der Waals surface area contributed by atoms with Crippen LogP contribution in [0.5, 0.6) is 0 Å². The molecule has 3 heterocycles. The summed E-state index contributed by atoms with van der Waals surface area (Å²) >= 11 is 0. The molecule has 0 radical (unpaired) electrons. The summed E-state index contributed by atoms with van der Waals surface area (Å²) in [6.45, 7) is 5.68. The molecule has 3 atom stereocenters. The molecule has 1 N–H and O–H groups in total. The van der Waals surface area contributed by atoms with Gasteiger partial charge in [0.05, 0.1) is 17.8 Å². The van der Waals surface area contributed by atoms with Crippen molar-refractivity contribution in [2.45, 2.75) is 13.0 Å². The molecule has 0 saturated carbocycles. The van der Waals surface area contributed by atoms with E-state index in [1.165, 1.54) is 4.90 Å². The van der Waals surface area contributed by atoms with Crippen LogP contribution in [0, 0.1) is 11.8 Å². The van der Waals surface area contributed by atoms with E-state index in [0.717, 1.165) is 19.6 Å². The van der Waals surface area contributed by atoms with Gasteiger partial charge in [0.2, 0.25) is 0 Å². The lowest BCUT2D eigenvalue weighted by molar-refractivity contribution is 0.0522. The molecule has 5 nitrogen and oxygen atoms in total. The minimum atomic E-state index is -0.155. The van der Waals surface area contributed by atoms with Gasteiger partial charge in [0.25, 0.3) is 11.8 Å². The first-order chi connectivity index (χ1) is 10.2. The third-order valence-electron chi connectivity index (χ3n) is 5.26. The molecule has 0 aromatic heterocycles. The van der Waals surface area contributed by atoms with E-state index in [1.807, 2.05) is 12.1 Å². The van der Waals surface area contributed by atoms with E-state index in [9.17, 15) is 9.59 Å². The average molecular weight is 285 g/mol. The first-order valence-corrected chi connectivity index (χ1v) is 7.57. The molecule has 110 valence electrons. The van der Waals surface area contributed by atoms with Crippen molar-refractivity contribution in [1.82, 2.24) is 15.1 Å². The van der Waals surface area contributed by atoms with Gasteiger partial charge in [-0.05, 0) is 44.0 Å². The highest BCUT2D eigenvalue weighted by atomic mass is 16.2. The standard InChI is InChI=1S/C16H19N3O2/c1-10-14-7-17-6-11(14)8-18(10)9-19-15(20)12-4-2-3-5-13(12)16(19)21/h2-5,10-11,14,17H,6-9H2,1H3. The largest absolute Gasteiger partial charge is 0.316 e. The first-order valence-electron chi connectivity index (χ1n) is 7.57. The highest BCUT2D eigenvalue weighted by Crippen LogP contribution is 2.33. The quantitative estimate of drug-likeness (QED) is 0.816. The van der Waals surface area contributed by atoms with Crippen molar-refractivity contribution < 1.29 is 9.59 Å². The van der Waals surface area contributed by atoms with Gasteiger partial charge in [0.1, 0.15) is 0 Å². The number of rotatable bonds is 2. The van der Waals surface area contributed by atoms with Crippen molar-refractivity contribution in [3.05, 3.63) is 35.4 Å². The molecule has 5 heteroatoms. The highest BCUT2D eigenvalue weighted by Gasteiger charge is 2.44. The molecule has 1 aromatic carbocycles. The third-order valence-corrected chi connectivity index (χ3v) is 5.26. The Kier molecular flexibility index (Phi) is 2.87. The van der Waals surface area contributed by atoms with E-state index in [-0.39, 0.29) is 11.8 Å². The summed E-state index contributed by atoms with van der Waals surface area (Å²) in [5, 5.41) is 3.43. The van der Waals surface area contributed by atoms with Gasteiger partial charge in [-0.15, -0.1) is 0 Å². The SMILES string of the molecule is CC1C2CNCC2CN1CN1C(=O)c2ccccc2C1=O. The average Bonchev–Trinajstić information content (AvgIpc) is 3.13. The van der Waals surface area contributed by atoms with Gasteiger partial charge in [-0.1, -0.05) is 12.1 Å². The summed E-state index contributed by atoms with van der Waals surface area (Å²) in [4.78, 5) is 28.5. The lowest BCUT2D eigenvalue weighted by atomic mass is 9.95. The van der Waals surface area contributed by atoms with Crippen LogP contribution in [-0.4, -0.2) is 54.0 Å². The third kappa shape index (κ3) is 1.84. The fourth-order valence-corrected chi connectivity index (χ4v) is 3.99. The molecule has 3 aliphatic rings. The second-order valence-electron chi connectivity index (χ2n) is 6.32. The summed E-state index contributed by atoms with van der Waals surface area (Å²) in [5.74, 6) is 0.978. The highest BCUT2D eigenvalue weighted by molar-refractivity contribution is 6.21. The molecule has 0 spiro atoms. The summed E-state index contributed by atoms with van der Waals surface area (Å²) in [5.41, 5.74) is 1.08. The maximum Gasteiger partial charge on any atom is 0.262 e. The van der Waals surface area contributed by atoms with Crippen LogP contribution in [0.4, 0.5) is 0 Å². The molecule has 4 rings (SSSR count). The van der Waals surface area contributed by atoms with E-state index in [1.54, 1.807) is 12.1 Å². The van der Waals surface area contributed by atoms with Crippen LogP contribution in [0.15, 0.2) is 24.3 Å². The Labute approximate surface area is 123 Å². The van der Waals surface area contributed by atoms with E-state index in [0.29, 0.717) is 35.7 Å². The van der Waals surface area contributed by atoms with Crippen molar-refractivity contribution in [2.75, 3.05) is 26.3 Å². The van der Waals surface area contributed by atoms with Gasteiger partial charge in [-0.2, -0.15) is 0 Å². The number of fused-ring (bicyclic) bond motifs is 2. The number of amides is 2. The predicted octanol–water partition coefficient (Wildman–Crippen LogP) is 0.780. The summed E-state index contributed by atoms with van der Waals surface area (Å²) in [6.07, 6.45) is 0. The number of carbonyl (C=O) groups is 2.